The summed E-state index contributed by atoms with van der Waals surface area (Å²) in [5, 5.41) is 13.1. The Bertz CT molecular complexity index is 801. The van der Waals surface area contributed by atoms with E-state index in [1.165, 1.54) is 12.3 Å². The second kappa shape index (κ2) is 6.64. The quantitative estimate of drug-likeness (QED) is 0.773. The molecule has 0 spiro atoms. The molecule has 0 aromatic heterocycles. The van der Waals surface area contributed by atoms with Crippen LogP contribution in [0.1, 0.15) is 31.2 Å². The molecule has 0 saturated carbocycles. The lowest BCUT2D eigenvalue weighted by molar-refractivity contribution is -0.534. The van der Waals surface area contributed by atoms with Crippen molar-refractivity contribution in [1.29, 1.82) is 0 Å². The molecule has 0 radical (unpaired) electrons. The van der Waals surface area contributed by atoms with Gasteiger partial charge >= 0.3 is 0 Å². The minimum atomic E-state index is -1.11. The Labute approximate surface area is 158 Å². The fraction of sp³-hybridized carbons (Fsp3) is 0.350. The molecule has 2 aliphatic heterocycles. The summed E-state index contributed by atoms with van der Waals surface area (Å²) >= 11 is 12.1. The van der Waals surface area contributed by atoms with Crippen LogP contribution in [0.2, 0.25) is 10.0 Å². The Morgan fingerprint density at radius 3 is 2.20 bits per heavy atom. The van der Waals surface area contributed by atoms with Gasteiger partial charge < -0.3 is 5.11 Å². The summed E-state index contributed by atoms with van der Waals surface area (Å²) in [7, 11) is 0. The molecule has 2 heterocycles. The first kappa shape index (κ1) is 16.9. The summed E-state index contributed by atoms with van der Waals surface area (Å²) in [5.74, 6) is 1.19. The summed E-state index contributed by atoms with van der Waals surface area (Å²) in [6.07, 6.45) is 4.51. The summed E-state index contributed by atoms with van der Waals surface area (Å²) < 4.78 is 2.33. The lowest BCUT2D eigenvalue weighted by Gasteiger charge is -2.29. The molecule has 5 heteroatoms. The molecule has 130 valence electrons. The van der Waals surface area contributed by atoms with E-state index in [1.54, 1.807) is 0 Å². The van der Waals surface area contributed by atoms with Crippen LogP contribution in [-0.2, 0) is 5.72 Å². The van der Waals surface area contributed by atoms with Gasteiger partial charge in [0.15, 0.2) is 6.54 Å². The molecule has 0 unspecified atom stereocenters. The van der Waals surface area contributed by atoms with Crippen molar-refractivity contribution in [3.63, 3.8) is 0 Å². The summed E-state index contributed by atoms with van der Waals surface area (Å²) in [5.41, 5.74) is 0.708. The van der Waals surface area contributed by atoms with Crippen LogP contribution in [0.4, 0.5) is 5.69 Å². The molecular weight excluding hydrogens is 355 g/mol. The maximum absolute atomic E-state index is 11.7. The number of halogens is 2. The molecule has 2 aromatic rings. The predicted molar refractivity (Wildman–Crippen MR) is 103 cm³/mol. The van der Waals surface area contributed by atoms with Crippen molar-refractivity contribution in [1.82, 2.24) is 0 Å². The van der Waals surface area contributed by atoms with Gasteiger partial charge in [-0.2, -0.15) is 4.90 Å². The molecule has 2 aromatic carbocycles. The third-order valence-electron chi connectivity index (χ3n) is 5.12. The molecule has 3 nitrogen and oxygen atoms in total. The number of hydrogen-bond acceptors (Lipinski definition) is 2. The molecule has 2 aliphatic rings. The number of rotatable bonds is 2. The van der Waals surface area contributed by atoms with Gasteiger partial charge in [0.1, 0.15) is 5.69 Å². The molecule has 1 atom stereocenters. The van der Waals surface area contributed by atoms with Gasteiger partial charge in [0, 0.05) is 22.0 Å². The summed E-state index contributed by atoms with van der Waals surface area (Å²) in [4.78, 5) is 2.08. The lowest BCUT2D eigenvalue weighted by atomic mass is 10.00. The van der Waals surface area contributed by atoms with Crippen molar-refractivity contribution >= 4 is 34.7 Å². The van der Waals surface area contributed by atoms with Gasteiger partial charge in [-0.1, -0.05) is 35.3 Å². The zero-order valence-electron chi connectivity index (χ0n) is 14.0. The van der Waals surface area contributed by atoms with E-state index in [1.807, 2.05) is 48.5 Å². The van der Waals surface area contributed by atoms with Crippen LogP contribution in [0, 0.1) is 0 Å². The minimum absolute atomic E-state index is 0.562. The van der Waals surface area contributed by atoms with E-state index in [9.17, 15) is 5.11 Å². The van der Waals surface area contributed by atoms with Crippen molar-refractivity contribution in [3.8, 4) is 0 Å². The normalized spacial score (nSPS) is 23.6. The van der Waals surface area contributed by atoms with Gasteiger partial charge in [-0.25, -0.2) is 0 Å². The van der Waals surface area contributed by atoms with E-state index in [-0.39, 0.29) is 0 Å². The van der Waals surface area contributed by atoms with Crippen LogP contribution in [-0.4, -0.2) is 28.6 Å². The molecular formula is C20H21Cl2N2O+. The number of aliphatic hydroxyl groups is 1. The number of anilines is 1. The van der Waals surface area contributed by atoms with Crippen molar-refractivity contribution in [2.75, 3.05) is 18.0 Å². The van der Waals surface area contributed by atoms with E-state index >= 15 is 0 Å². The highest BCUT2D eigenvalue weighted by atomic mass is 35.5. The molecule has 0 amide bonds. The maximum Gasteiger partial charge on any atom is 0.275 e. The molecule has 0 fully saturated rings. The zero-order valence-corrected chi connectivity index (χ0v) is 15.5. The largest absolute Gasteiger partial charge is 0.346 e. The highest BCUT2D eigenvalue weighted by Gasteiger charge is 2.53. The highest BCUT2D eigenvalue weighted by Crippen LogP contribution is 2.38. The Morgan fingerprint density at radius 2 is 1.52 bits per heavy atom. The third kappa shape index (κ3) is 3.05. The first-order valence-electron chi connectivity index (χ1n) is 8.73. The standard InChI is InChI=1S/C20H21Cl2N2O/c21-16-7-5-15(6-8-16)20(25)14-23-13-3-1-2-4-19(23)24(20)18-11-9-17(22)10-12-18/h5-12,25H,1-4,13-14H2/q+1/t20-/m0/s1. The minimum Gasteiger partial charge on any atom is -0.346 e. The second-order valence-electron chi connectivity index (χ2n) is 6.78. The fourth-order valence-corrected chi connectivity index (χ4v) is 4.17. The fourth-order valence-electron chi connectivity index (χ4n) is 3.91. The molecule has 0 aliphatic carbocycles. The van der Waals surface area contributed by atoms with Gasteiger partial charge in [0.2, 0.25) is 0 Å². The van der Waals surface area contributed by atoms with Crippen molar-refractivity contribution < 1.29 is 9.68 Å². The number of nitrogens with zero attached hydrogens (tertiary/aromatic N) is 2. The van der Waals surface area contributed by atoms with Gasteiger partial charge in [-0.15, -0.1) is 0 Å². The van der Waals surface area contributed by atoms with Crippen LogP contribution >= 0.6 is 23.2 Å². The van der Waals surface area contributed by atoms with Gasteiger partial charge in [-0.3, -0.25) is 4.58 Å². The van der Waals surface area contributed by atoms with E-state index < -0.39 is 5.72 Å². The number of benzene rings is 2. The summed E-state index contributed by atoms with van der Waals surface area (Å²) in [6, 6.07) is 15.2. The van der Waals surface area contributed by atoms with E-state index in [0.29, 0.717) is 16.6 Å². The lowest BCUT2D eigenvalue weighted by Crippen LogP contribution is -2.47. The first-order chi connectivity index (χ1) is 12.1. The zero-order chi connectivity index (χ0) is 17.4. The molecule has 0 bridgehead atoms. The topological polar surface area (TPSA) is 26.5 Å². The third-order valence-corrected chi connectivity index (χ3v) is 5.63. The molecule has 4 rings (SSSR count). The van der Waals surface area contributed by atoms with Gasteiger partial charge in [0.05, 0.1) is 6.54 Å². The first-order valence-corrected chi connectivity index (χ1v) is 9.48. The van der Waals surface area contributed by atoms with Gasteiger partial charge in [0.25, 0.3) is 11.6 Å². The van der Waals surface area contributed by atoms with Crippen molar-refractivity contribution in [3.05, 3.63) is 64.1 Å². The van der Waals surface area contributed by atoms with Crippen LogP contribution in [0.3, 0.4) is 0 Å². The highest BCUT2D eigenvalue weighted by molar-refractivity contribution is 6.30. The van der Waals surface area contributed by atoms with E-state index in [2.05, 4.69) is 9.48 Å². The second-order valence-corrected chi connectivity index (χ2v) is 7.66. The van der Waals surface area contributed by atoms with Crippen molar-refractivity contribution in [2.24, 2.45) is 0 Å². The average Bonchev–Trinajstić information content (AvgIpc) is 2.74. The van der Waals surface area contributed by atoms with E-state index in [0.717, 1.165) is 37.1 Å². The van der Waals surface area contributed by atoms with E-state index in [4.69, 9.17) is 23.2 Å². The molecule has 25 heavy (non-hydrogen) atoms. The Morgan fingerprint density at radius 1 is 0.880 bits per heavy atom. The molecule has 1 N–H and O–H groups in total. The smallest absolute Gasteiger partial charge is 0.275 e. The number of amidine groups is 1. The average molecular weight is 376 g/mol. The van der Waals surface area contributed by atoms with Crippen LogP contribution in [0.25, 0.3) is 0 Å². The summed E-state index contributed by atoms with van der Waals surface area (Å²) in [6.45, 7) is 1.54. The maximum atomic E-state index is 11.7. The van der Waals surface area contributed by atoms with Crippen LogP contribution < -0.4 is 4.90 Å². The monoisotopic (exact) mass is 375 g/mol. The predicted octanol–water partition coefficient (Wildman–Crippen LogP) is 4.64. The molecule has 0 saturated heterocycles. The van der Waals surface area contributed by atoms with Crippen LogP contribution in [0.15, 0.2) is 48.5 Å². The van der Waals surface area contributed by atoms with Crippen LogP contribution in [0.5, 0.6) is 0 Å². The Hall–Kier alpha value is -1.55. The van der Waals surface area contributed by atoms with Crippen molar-refractivity contribution in [2.45, 2.75) is 31.4 Å². The Kier molecular flexibility index (Phi) is 4.48. The Balaban J connectivity index is 1.83. The van der Waals surface area contributed by atoms with Gasteiger partial charge in [-0.05, 0) is 55.7 Å². The number of hydrogen-bond donors (Lipinski definition) is 1. The SMILES string of the molecule is O[C@]1(c2ccc(Cl)cc2)C[N+]2=C(CCCCC2)N1c1ccc(Cl)cc1.